The number of hydrogen-bond acceptors (Lipinski definition) is 5. The maximum Gasteiger partial charge on any atom is 0.264 e. The molecule has 0 radical (unpaired) electrons. The zero-order valence-electron chi connectivity index (χ0n) is 18.8. The number of thioether (sulfide) groups is 1. The second-order valence-electron chi connectivity index (χ2n) is 7.76. The van der Waals surface area contributed by atoms with Crippen molar-refractivity contribution in [2.45, 2.75) is 20.5 Å². The van der Waals surface area contributed by atoms with E-state index >= 15 is 0 Å². The molecule has 0 unspecified atom stereocenters. The summed E-state index contributed by atoms with van der Waals surface area (Å²) in [6, 6.07) is 16.8. The molecule has 1 aliphatic heterocycles. The lowest BCUT2D eigenvalue weighted by Gasteiger charge is -2.12. The number of hydrogen-bond donors (Lipinski definition) is 1. The van der Waals surface area contributed by atoms with Crippen LogP contribution in [-0.2, 0) is 11.4 Å². The van der Waals surface area contributed by atoms with Crippen LogP contribution >= 0.6 is 35.0 Å². The summed E-state index contributed by atoms with van der Waals surface area (Å²) in [5.41, 5.74) is 4.67. The van der Waals surface area contributed by atoms with Gasteiger partial charge in [-0.15, -0.1) is 0 Å². The summed E-state index contributed by atoms with van der Waals surface area (Å²) < 4.78 is 11.4. The first-order valence-corrected chi connectivity index (χ1v) is 12.0. The van der Waals surface area contributed by atoms with Crippen LogP contribution in [0.15, 0.2) is 64.5 Å². The minimum absolute atomic E-state index is 0.190. The molecular weight excluding hydrogens is 491 g/mol. The van der Waals surface area contributed by atoms with Gasteiger partial charge in [-0.25, -0.2) is 4.99 Å². The first kappa shape index (κ1) is 24.2. The number of aliphatic imine (C=N–C) groups is 1. The summed E-state index contributed by atoms with van der Waals surface area (Å²) in [6.07, 6.45) is 1.80. The van der Waals surface area contributed by atoms with Crippen molar-refractivity contribution < 1.29 is 14.3 Å². The van der Waals surface area contributed by atoms with Gasteiger partial charge in [-0.3, -0.25) is 4.79 Å². The van der Waals surface area contributed by atoms with Crippen LogP contribution in [0, 0.1) is 13.8 Å². The molecule has 174 valence electrons. The van der Waals surface area contributed by atoms with Crippen molar-refractivity contribution in [3.8, 4) is 11.5 Å². The molecule has 0 atom stereocenters. The lowest BCUT2D eigenvalue weighted by molar-refractivity contribution is -0.115. The molecule has 0 aliphatic carbocycles. The van der Waals surface area contributed by atoms with Crippen molar-refractivity contribution in [3.63, 3.8) is 0 Å². The Morgan fingerprint density at radius 2 is 1.76 bits per heavy atom. The van der Waals surface area contributed by atoms with Crippen LogP contribution in [0.4, 0.5) is 5.69 Å². The number of nitrogens with zero attached hydrogens (tertiary/aromatic N) is 1. The minimum Gasteiger partial charge on any atom is -0.493 e. The van der Waals surface area contributed by atoms with Crippen molar-refractivity contribution in [3.05, 3.63) is 91.8 Å². The SMILES string of the molecule is COc1cc(/C=C2\SC(=Nc3cc(C)cc(C)c3)NC2=O)ccc1OCc1ccc(Cl)cc1Cl. The van der Waals surface area contributed by atoms with Gasteiger partial charge in [0.2, 0.25) is 0 Å². The molecule has 8 heteroatoms. The van der Waals surface area contributed by atoms with Gasteiger partial charge in [-0.05, 0) is 84.8 Å². The Labute approximate surface area is 212 Å². The van der Waals surface area contributed by atoms with E-state index in [1.165, 1.54) is 11.8 Å². The molecule has 4 rings (SSSR count). The zero-order chi connectivity index (χ0) is 24.2. The second kappa shape index (κ2) is 10.6. The highest BCUT2D eigenvalue weighted by molar-refractivity contribution is 8.18. The maximum atomic E-state index is 12.5. The molecule has 1 saturated heterocycles. The average molecular weight is 513 g/mol. The van der Waals surface area contributed by atoms with Crippen molar-refractivity contribution in [1.82, 2.24) is 5.32 Å². The molecule has 1 amide bonds. The summed E-state index contributed by atoms with van der Waals surface area (Å²) in [7, 11) is 1.57. The molecular formula is C26H22Cl2N2O3S. The Hall–Kier alpha value is -2.93. The lowest BCUT2D eigenvalue weighted by atomic mass is 10.1. The molecule has 3 aromatic carbocycles. The van der Waals surface area contributed by atoms with E-state index in [1.54, 1.807) is 31.4 Å². The first-order chi connectivity index (χ1) is 16.3. The third-order valence-electron chi connectivity index (χ3n) is 4.97. The van der Waals surface area contributed by atoms with Gasteiger partial charge in [0.25, 0.3) is 5.91 Å². The fraction of sp³-hybridized carbons (Fsp3) is 0.154. The van der Waals surface area contributed by atoms with E-state index in [4.69, 9.17) is 32.7 Å². The van der Waals surface area contributed by atoms with E-state index in [9.17, 15) is 4.79 Å². The smallest absolute Gasteiger partial charge is 0.264 e. The summed E-state index contributed by atoms with van der Waals surface area (Å²) in [6.45, 7) is 4.31. The first-order valence-electron chi connectivity index (χ1n) is 10.4. The Morgan fingerprint density at radius 1 is 1.00 bits per heavy atom. The summed E-state index contributed by atoms with van der Waals surface area (Å²) in [4.78, 5) is 17.6. The van der Waals surface area contributed by atoms with E-state index in [2.05, 4.69) is 16.4 Å². The van der Waals surface area contributed by atoms with Crippen LogP contribution in [0.3, 0.4) is 0 Å². The number of carbonyl (C=O) groups excluding carboxylic acids is 1. The number of benzene rings is 3. The molecule has 5 nitrogen and oxygen atoms in total. The van der Waals surface area contributed by atoms with Gasteiger partial charge >= 0.3 is 0 Å². The quantitative estimate of drug-likeness (QED) is 0.358. The predicted octanol–water partition coefficient (Wildman–Crippen LogP) is 7.09. The zero-order valence-corrected chi connectivity index (χ0v) is 21.1. The maximum absolute atomic E-state index is 12.5. The van der Waals surface area contributed by atoms with Gasteiger partial charge in [0.05, 0.1) is 17.7 Å². The van der Waals surface area contributed by atoms with E-state index in [-0.39, 0.29) is 12.5 Å². The normalized spacial score (nSPS) is 15.6. The minimum atomic E-state index is -0.190. The van der Waals surface area contributed by atoms with Crippen molar-refractivity contribution in [2.75, 3.05) is 7.11 Å². The van der Waals surface area contributed by atoms with Gasteiger partial charge in [0.15, 0.2) is 16.7 Å². The highest BCUT2D eigenvalue weighted by atomic mass is 35.5. The van der Waals surface area contributed by atoms with Crippen LogP contribution in [0.25, 0.3) is 6.08 Å². The van der Waals surface area contributed by atoms with Crippen molar-refractivity contribution in [1.29, 1.82) is 0 Å². The second-order valence-corrected chi connectivity index (χ2v) is 9.64. The van der Waals surface area contributed by atoms with Gasteiger partial charge in [0, 0.05) is 15.6 Å². The molecule has 0 spiro atoms. The fourth-order valence-corrected chi connectivity index (χ4v) is 4.76. The molecule has 0 saturated carbocycles. The van der Waals surface area contributed by atoms with Crippen LogP contribution in [0.2, 0.25) is 10.0 Å². The topological polar surface area (TPSA) is 59.9 Å². The molecule has 1 aliphatic rings. The molecule has 0 bridgehead atoms. The number of carbonyl (C=O) groups is 1. The van der Waals surface area contributed by atoms with E-state index in [1.807, 2.05) is 44.2 Å². The molecule has 1 heterocycles. The number of aryl methyl sites for hydroxylation is 2. The van der Waals surface area contributed by atoms with Gasteiger partial charge < -0.3 is 14.8 Å². The number of amidine groups is 1. The number of nitrogens with one attached hydrogen (secondary N) is 1. The summed E-state index contributed by atoms with van der Waals surface area (Å²) >= 11 is 13.5. The largest absolute Gasteiger partial charge is 0.493 e. The van der Waals surface area contributed by atoms with Crippen molar-refractivity contribution in [2.24, 2.45) is 4.99 Å². The lowest BCUT2D eigenvalue weighted by Crippen LogP contribution is -2.19. The molecule has 1 fully saturated rings. The third-order valence-corrected chi connectivity index (χ3v) is 6.47. The van der Waals surface area contributed by atoms with Gasteiger partial charge in [-0.1, -0.05) is 41.4 Å². The van der Waals surface area contributed by atoms with Crippen molar-refractivity contribution >= 4 is 57.8 Å². The highest BCUT2D eigenvalue weighted by Crippen LogP contribution is 2.33. The summed E-state index contributed by atoms with van der Waals surface area (Å²) in [5, 5.41) is 4.48. The number of rotatable bonds is 6. The summed E-state index contributed by atoms with van der Waals surface area (Å²) in [5.74, 6) is 0.924. The molecule has 34 heavy (non-hydrogen) atoms. The fourth-order valence-electron chi connectivity index (χ4n) is 3.45. The highest BCUT2D eigenvalue weighted by Gasteiger charge is 2.24. The van der Waals surface area contributed by atoms with Crippen LogP contribution in [0.1, 0.15) is 22.3 Å². The van der Waals surface area contributed by atoms with Crippen LogP contribution < -0.4 is 14.8 Å². The standard InChI is InChI=1S/C26H22Cl2N2O3S/c1-15-8-16(2)10-20(9-15)29-26-30-25(31)24(34-26)12-17-4-7-22(23(11-17)32-3)33-14-18-5-6-19(27)13-21(18)28/h4-13H,14H2,1-3H3,(H,29,30,31)/b24-12-. The van der Waals surface area contributed by atoms with E-state index < -0.39 is 0 Å². The molecule has 1 N–H and O–H groups in total. The molecule has 0 aromatic heterocycles. The van der Waals surface area contributed by atoms with Crippen LogP contribution in [-0.4, -0.2) is 18.2 Å². The Bertz CT molecular complexity index is 1300. The van der Waals surface area contributed by atoms with Gasteiger partial charge in [-0.2, -0.15) is 0 Å². The molecule has 3 aromatic rings. The number of ether oxygens (including phenoxy) is 2. The third kappa shape index (κ3) is 5.95. The van der Waals surface area contributed by atoms with Crippen LogP contribution in [0.5, 0.6) is 11.5 Å². The number of halogens is 2. The Kier molecular flexibility index (Phi) is 7.51. The number of amides is 1. The van der Waals surface area contributed by atoms with Gasteiger partial charge in [0.1, 0.15) is 6.61 Å². The Balaban J connectivity index is 1.50. The predicted molar refractivity (Wildman–Crippen MR) is 141 cm³/mol. The Morgan fingerprint density at radius 3 is 2.47 bits per heavy atom. The average Bonchev–Trinajstić information content (AvgIpc) is 3.11. The van der Waals surface area contributed by atoms with E-state index in [0.29, 0.717) is 31.6 Å². The monoisotopic (exact) mass is 512 g/mol. The van der Waals surface area contributed by atoms with E-state index in [0.717, 1.165) is 27.9 Å². The number of methoxy groups -OCH3 is 1.